The van der Waals surface area contributed by atoms with Crippen LogP contribution in [-0.2, 0) is 0 Å². The highest BCUT2D eigenvalue weighted by Gasteiger charge is 2.14. The molecule has 3 heteroatoms. The van der Waals surface area contributed by atoms with Gasteiger partial charge in [0.2, 0.25) is 5.43 Å². The van der Waals surface area contributed by atoms with Crippen LogP contribution in [-0.4, -0.2) is 7.11 Å². The molecule has 0 spiro atoms. The van der Waals surface area contributed by atoms with E-state index in [-0.39, 0.29) is 5.43 Å². The summed E-state index contributed by atoms with van der Waals surface area (Å²) >= 11 is 0. The van der Waals surface area contributed by atoms with Gasteiger partial charge in [-0.3, -0.25) is 4.79 Å². The molecule has 1 aromatic heterocycles. The Bertz CT molecular complexity index is 817. The van der Waals surface area contributed by atoms with Gasteiger partial charge in [0.15, 0.2) is 0 Å². The first-order chi connectivity index (χ1) is 9.72. The molecule has 0 aliphatic carbocycles. The summed E-state index contributed by atoms with van der Waals surface area (Å²) in [4.78, 5) is 12.7. The second-order valence-electron chi connectivity index (χ2n) is 4.63. The van der Waals surface area contributed by atoms with E-state index in [2.05, 4.69) is 0 Å². The number of ether oxygens (including phenoxy) is 1. The molecule has 3 nitrogen and oxygen atoms in total. The fourth-order valence-electron chi connectivity index (χ4n) is 2.33. The van der Waals surface area contributed by atoms with Gasteiger partial charge in [-0.15, -0.1) is 0 Å². The van der Waals surface area contributed by atoms with Crippen molar-refractivity contribution in [2.75, 3.05) is 7.11 Å². The lowest BCUT2D eigenvalue weighted by Gasteiger charge is -2.08. The first kappa shape index (κ1) is 12.5. The van der Waals surface area contributed by atoms with Gasteiger partial charge in [-0.2, -0.15) is 0 Å². The smallest absolute Gasteiger partial charge is 0.204 e. The summed E-state index contributed by atoms with van der Waals surface area (Å²) < 4.78 is 11.0. The van der Waals surface area contributed by atoms with Gasteiger partial charge < -0.3 is 9.15 Å². The zero-order chi connectivity index (χ0) is 14.1. The van der Waals surface area contributed by atoms with Crippen LogP contribution in [0.2, 0.25) is 0 Å². The highest BCUT2D eigenvalue weighted by Crippen LogP contribution is 2.28. The Labute approximate surface area is 116 Å². The van der Waals surface area contributed by atoms with Crippen LogP contribution in [0.5, 0.6) is 5.75 Å². The van der Waals surface area contributed by atoms with Crippen molar-refractivity contribution in [2.45, 2.75) is 6.92 Å². The van der Waals surface area contributed by atoms with Gasteiger partial charge in [-0.05, 0) is 24.1 Å². The maximum absolute atomic E-state index is 12.7. The Balaban J connectivity index is 2.39. The average molecular weight is 266 g/mol. The molecule has 2 aromatic carbocycles. The van der Waals surface area contributed by atoms with E-state index in [0.29, 0.717) is 22.3 Å². The molecule has 0 unspecified atom stereocenters. The van der Waals surface area contributed by atoms with Crippen molar-refractivity contribution in [1.29, 1.82) is 0 Å². The Morgan fingerprint density at radius 2 is 1.80 bits per heavy atom. The quantitative estimate of drug-likeness (QED) is 0.708. The summed E-state index contributed by atoms with van der Waals surface area (Å²) in [6, 6.07) is 13.2. The van der Waals surface area contributed by atoms with Crippen LogP contribution >= 0.6 is 0 Å². The largest absolute Gasteiger partial charge is 0.496 e. The third kappa shape index (κ3) is 1.88. The minimum Gasteiger partial charge on any atom is -0.496 e. The second-order valence-corrected chi connectivity index (χ2v) is 4.63. The normalized spacial score (nSPS) is 10.7. The molecule has 0 amide bonds. The van der Waals surface area contributed by atoms with E-state index in [0.717, 1.165) is 11.1 Å². The first-order valence-electron chi connectivity index (χ1n) is 6.37. The van der Waals surface area contributed by atoms with Crippen LogP contribution < -0.4 is 10.2 Å². The van der Waals surface area contributed by atoms with Crippen LogP contribution in [0.3, 0.4) is 0 Å². The maximum Gasteiger partial charge on any atom is 0.204 e. The van der Waals surface area contributed by atoms with Gasteiger partial charge in [-0.1, -0.05) is 36.4 Å². The van der Waals surface area contributed by atoms with E-state index < -0.39 is 0 Å². The van der Waals surface area contributed by atoms with Crippen molar-refractivity contribution in [3.63, 3.8) is 0 Å². The van der Waals surface area contributed by atoms with Gasteiger partial charge in [-0.25, -0.2) is 0 Å². The summed E-state index contributed by atoms with van der Waals surface area (Å²) in [7, 11) is 1.55. The van der Waals surface area contributed by atoms with Crippen LogP contribution in [0.25, 0.3) is 22.1 Å². The lowest BCUT2D eigenvalue weighted by Crippen LogP contribution is -2.07. The topological polar surface area (TPSA) is 39.4 Å². The molecule has 3 rings (SSSR count). The van der Waals surface area contributed by atoms with Crippen LogP contribution in [0.15, 0.2) is 57.9 Å². The molecule has 0 saturated heterocycles. The molecule has 20 heavy (non-hydrogen) atoms. The zero-order valence-corrected chi connectivity index (χ0v) is 11.3. The monoisotopic (exact) mass is 266 g/mol. The third-order valence-electron chi connectivity index (χ3n) is 3.39. The van der Waals surface area contributed by atoms with Crippen molar-refractivity contribution >= 4 is 11.0 Å². The number of aryl methyl sites for hydroxylation is 1. The molecule has 0 N–H and O–H groups in total. The fourth-order valence-corrected chi connectivity index (χ4v) is 2.33. The van der Waals surface area contributed by atoms with Gasteiger partial charge >= 0.3 is 0 Å². The highest BCUT2D eigenvalue weighted by molar-refractivity contribution is 5.89. The molecule has 0 fully saturated rings. The first-order valence-corrected chi connectivity index (χ1v) is 6.37. The molecule has 0 bridgehead atoms. The number of hydrogen-bond donors (Lipinski definition) is 0. The minimum atomic E-state index is -0.0713. The van der Waals surface area contributed by atoms with Gasteiger partial charge in [0, 0.05) is 0 Å². The standard InChI is InChI=1S/C17H14O3/c1-11-8-9-14(19-2)15-16(18)13(10-20-17(11)15)12-6-4-3-5-7-12/h3-10H,1-2H3. The fraction of sp³-hybridized carbons (Fsp3) is 0.118. The van der Waals surface area contributed by atoms with E-state index in [1.165, 1.54) is 6.26 Å². The summed E-state index contributed by atoms with van der Waals surface area (Å²) in [5.41, 5.74) is 2.80. The molecular formula is C17H14O3. The lowest BCUT2D eigenvalue weighted by atomic mass is 10.0. The highest BCUT2D eigenvalue weighted by atomic mass is 16.5. The average Bonchev–Trinajstić information content (AvgIpc) is 2.49. The molecule has 1 heterocycles. The van der Waals surface area contributed by atoms with Crippen LogP contribution in [0, 0.1) is 6.92 Å². The Morgan fingerprint density at radius 3 is 2.50 bits per heavy atom. The van der Waals surface area contributed by atoms with E-state index in [1.807, 2.05) is 43.3 Å². The summed E-state index contributed by atoms with van der Waals surface area (Å²) in [5, 5.41) is 0.494. The zero-order valence-electron chi connectivity index (χ0n) is 11.3. The van der Waals surface area contributed by atoms with Crippen molar-refractivity contribution in [3.05, 3.63) is 64.5 Å². The lowest BCUT2D eigenvalue weighted by molar-refractivity contribution is 0.418. The Kier molecular flexibility index (Phi) is 3.03. The Morgan fingerprint density at radius 1 is 1.05 bits per heavy atom. The van der Waals surface area contributed by atoms with Crippen LogP contribution in [0.1, 0.15) is 5.56 Å². The molecule has 0 aliphatic rings. The van der Waals surface area contributed by atoms with E-state index in [1.54, 1.807) is 13.2 Å². The van der Waals surface area contributed by atoms with E-state index >= 15 is 0 Å². The van der Waals surface area contributed by atoms with Gasteiger partial charge in [0.05, 0.1) is 12.7 Å². The third-order valence-corrected chi connectivity index (χ3v) is 3.39. The SMILES string of the molecule is COc1ccc(C)c2occ(-c3ccccc3)c(=O)c12. The summed E-state index contributed by atoms with van der Waals surface area (Å²) in [6.07, 6.45) is 1.52. The molecular weight excluding hydrogens is 252 g/mol. The Hall–Kier alpha value is -2.55. The predicted molar refractivity (Wildman–Crippen MR) is 79.2 cm³/mol. The molecule has 0 saturated carbocycles. The van der Waals surface area contributed by atoms with E-state index in [4.69, 9.17) is 9.15 Å². The number of methoxy groups -OCH3 is 1. The number of hydrogen-bond acceptors (Lipinski definition) is 3. The van der Waals surface area contributed by atoms with Crippen molar-refractivity contribution in [2.24, 2.45) is 0 Å². The number of benzene rings is 2. The van der Waals surface area contributed by atoms with Crippen molar-refractivity contribution in [1.82, 2.24) is 0 Å². The summed E-state index contributed by atoms with van der Waals surface area (Å²) in [5.74, 6) is 0.539. The minimum absolute atomic E-state index is 0.0713. The predicted octanol–water partition coefficient (Wildman–Crippen LogP) is 3.78. The summed E-state index contributed by atoms with van der Waals surface area (Å²) in [6.45, 7) is 1.91. The van der Waals surface area contributed by atoms with E-state index in [9.17, 15) is 4.79 Å². The molecule has 3 aromatic rings. The molecule has 100 valence electrons. The van der Waals surface area contributed by atoms with Gasteiger partial charge in [0.1, 0.15) is 23.0 Å². The van der Waals surface area contributed by atoms with Crippen LogP contribution in [0.4, 0.5) is 0 Å². The van der Waals surface area contributed by atoms with Gasteiger partial charge in [0.25, 0.3) is 0 Å². The van der Waals surface area contributed by atoms with Crippen molar-refractivity contribution < 1.29 is 9.15 Å². The second kappa shape index (κ2) is 4.85. The number of rotatable bonds is 2. The molecule has 0 atom stereocenters. The molecule has 0 radical (unpaired) electrons. The maximum atomic E-state index is 12.7. The number of fused-ring (bicyclic) bond motifs is 1. The van der Waals surface area contributed by atoms with Crippen molar-refractivity contribution in [3.8, 4) is 16.9 Å². The molecule has 0 aliphatic heterocycles.